The highest BCUT2D eigenvalue weighted by Gasteiger charge is 2.07. The first kappa shape index (κ1) is 16.3. The van der Waals surface area contributed by atoms with Crippen molar-refractivity contribution < 1.29 is 4.79 Å². The van der Waals surface area contributed by atoms with E-state index in [0.29, 0.717) is 12.1 Å². The standard InChI is InChI=1S/C18H18N4OS/c1-22-12-16(11-21-22)15-7-13(8-19-10-15)9-20-18(23)14-3-5-17(24-2)6-4-14/h3-8,10-12H,9H2,1-2H3,(H,20,23). The number of hydrogen-bond acceptors (Lipinski definition) is 4. The van der Waals surface area contributed by atoms with Gasteiger partial charge in [-0.1, -0.05) is 0 Å². The summed E-state index contributed by atoms with van der Waals surface area (Å²) in [5.74, 6) is -0.0885. The van der Waals surface area contributed by atoms with Gasteiger partial charge < -0.3 is 5.32 Å². The Morgan fingerprint density at radius 3 is 2.62 bits per heavy atom. The van der Waals surface area contributed by atoms with Crippen LogP contribution in [0.3, 0.4) is 0 Å². The number of amides is 1. The van der Waals surface area contributed by atoms with Gasteiger partial charge in [0.05, 0.1) is 6.20 Å². The van der Waals surface area contributed by atoms with Crippen LogP contribution in [0, 0.1) is 0 Å². The number of carbonyl (C=O) groups is 1. The summed E-state index contributed by atoms with van der Waals surface area (Å²) in [4.78, 5) is 17.6. The highest BCUT2D eigenvalue weighted by atomic mass is 32.2. The van der Waals surface area contributed by atoms with E-state index in [1.54, 1.807) is 35.0 Å². The number of thioether (sulfide) groups is 1. The monoisotopic (exact) mass is 338 g/mol. The van der Waals surface area contributed by atoms with Crippen LogP contribution in [0.2, 0.25) is 0 Å². The van der Waals surface area contributed by atoms with Crippen molar-refractivity contribution in [3.8, 4) is 11.1 Å². The van der Waals surface area contributed by atoms with Crippen LogP contribution in [-0.2, 0) is 13.6 Å². The van der Waals surface area contributed by atoms with Gasteiger partial charge in [0.15, 0.2) is 0 Å². The van der Waals surface area contributed by atoms with Crippen LogP contribution in [0.25, 0.3) is 11.1 Å². The van der Waals surface area contributed by atoms with Crippen molar-refractivity contribution in [2.75, 3.05) is 6.26 Å². The Hall–Kier alpha value is -2.60. The smallest absolute Gasteiger partial charge is 0.251 e. The molecule has 0 fully saturated rings. The summed E-state index contributed by atoms with van der Waals surface area (Å²) in [6.07, 6.45) is 9.30. The molecular weight excluding hydrogens is 320 g/mol. The zero-order valence-corrected chi connectivity index (χ0v) is 14.4. The van der Waals surface area contributed by atoms with Gasteiger partial charge in [0.25, 0.3) is 5.91 Å². The molecule has 3 aromatic rings. The van der Waals surface area contributed by atoms with Gasteiger partial charge in [0, 0.05) is 53.8 Å². The van der Waals surface area contributed by atoms with Gasteiger partial charge in [0.2, 0.25) is 0 Å². The molecule has 2 aromatic heterocycles. The average Bonchev–Trinajstić information content (AvgIpc) is 3.06. The highest BCUT2D eigenvalue weighted by Crippen LogP contribution is 2.18. The van der Waals surface area contributed by atoms with Crippen molar-refractivity contribution in [1.82, 2.24) is 20.1 Å². The normalized spacial score (nSPS) is 10.6. The number of benzene rings is 1. The van der Waals surface area contributed by atoms with Crippen molar-refractivity contribution in [3.05, 3.63) is 66.2 Å². The van der Waals surface area contributed by atoms with Crippen LogP contribution >= 0.6 is 11.8 Å². The molecule has 1 N–H and O–H groups in total. The number of nitrogens with zero attached hydrogens (tertiary/aromatic N) is 3. The van der Waals surface area contributed by atoms with Gasteiger partial charge in [-0.25, -0.2) is 0 Å². The molecule has 0 spiro atoms. The molecule has 0 aliphatic heterocycles. The van der Waals surface area contributed by atoms with Gasteiger partial charge >= 0.3 is 0 Å². The quantitative estimate of drug-likeness (QED) is 0.726. The summed E-state index contributed by atoms with van der Waals surface area (Å²) in [6, 6.07) is 9.59. The van der Waals surface area contributed by atoms with Crippen LogP contribution < -0.4 is 5.32 Å². The summed E-state index contributed by atoms with van der Waals surface area (Å²) >= 11 is 1.65. The molecule has 0 aliphatic rings. The number of aromatic nitrogens is 3. The van der Waals surface area contributed by atoms with E-state index in [4.69, 9.17) is 0 Å². The number of carbonyl (C=O) groups excluding carboxylic acids is 1. The van der Waals surface area contributed by atoms with Crippen molar-refractivity contribution >= 4 is 17.7 Å². The van der Waals surface area contributed by atoms with Crippen LogP contribution in [0.1, 0.15) is 15.9 Å². The molecule has 24 heavy (non-hydrogen) atoms. The van der Waals surface area contributed by atoms with E-state index in [1.807, 2.05) is 49.8 Å². The second kappa shape index (κ2) is 7.31. The van der Waals surface area contributed by atoms with Gasteiger partial charge in [-0.2, -0.15) is 5.10 Å². The van der Waals surface area contributed by atoms with Crippen molar-refractivity contribution in [1.29, 1.82) is 0 Å². The van der Waals surface area contributed by atoms with Crippen LogP contribution in [-0.4, -0.2) is 26.9 Å². The lowest BCUT2D eigenvalue weighted by Gasteiger charge is -2.07. The van der Waals surface area contributed by atoms with E-state index in [1.165, 1.54) is 0 Å². The fourth-order valence-corrected chi connectivity index (χ4v) is 2.75. The van der Waals surface area contributed by atoms with Crippen LogP contribution in [0.4, 0.5) is 0 Å². The summed E-state index contributed by atoms with van der Waals surface area (Å²) in [7, 11) is 1.88. The Balaban J connectivity index is 1.66. The third-order valence-corrected chi connectivity index (χ3v) is 4.38. The fourth-order valence-electron chi connectivity index (χ4n) is 2.34. The second-order valence-electron chi connectivity index (χ2n) is 5.40. The van der Waals surface area contributed by atoms with Crippen LogP contribution in [0.15, 0.2) is 60.0 Å². The molecule has 0 aliphatic carbocycles. The minimum Gasteiger partial charge on any atom is -0.348 e. The summed E-state index contributed by atoms with van der Waals surface area (Å²) in [6.45, 7) is 0.435. The lowest BCUT2D eigenvalue weighted by atomic mass is 10.1. The molecule has 5 nitrogen and oxygen atoms in total. The Kier molecular flexibility index (Phi) is 4.96. The molecule has 3 rings (SSSR count). The number of pyridine rings is 1. The summed E-state index contributed by atoms with van der Waals surface area (Å²) < 4.78 is 1.75. The summed E-state index contributed by atoms with van der Waals surface area (Å²) in [5, 5.41) is 7.10. The zero-order chi connectivity index (χ0) is 16.9. The van der Waals surface area contributed by atoms with E-state index in [2.05, 4.69) is 15.4 Å². The molecule has 0 atom stereocenters. The minimum absolute atomic E-state index is 0.0885. The van der Waals surface area contributed by atoms with E-state index < -0.39 is 0 Å². The predicted molar refractivity (Wildman–Crippen MR) is 95.8 cm³/mol. The Labute approximate surface area is 145 Å². The molecule has 0 bridgehead atoms. The number of nitrogens with one attached hydrogen (secondary N) is 1. The Morgan fingerprint density at radius 1 is 1.17 bits per heavy atom. The van der Waals surface area contributed by atoms with Gasteiger partial charge in [-0.15, -0.1) is 11.8 Å². The molecular formula is C18H18N4OS. The third kappa shape index (κ3) is 3.83. The van der Waals surface area contributed by atoms with E-state index in [0.717, 1.165) is 21.6 Å². The van der Waals surface area contributed by atoms with E-state index >= 15 is 0 Å². The second-order valence-corrected chi connectivity index (χ2v) is 6.28. The molecule has 0 saturated heterocycles. The topological polar surface area (TPSA) is 59.8 Å². The van der Waals surface area contributed by atoms with Crippen molar-refractivity contribution in [2.24, 2.45) is 7.05 Å². The highest BCUT2D eigenvalue weighted by molar-refractivity contribution is 7.98. The van der Waals surface area contributed by atoms with E-state index in [9.17, 15) is 4.79 Å². The SMILES string of the molecule is CSc1ccc(C(=O)NCc2cncc(-c3cnn(C)c3)c2)cc1. The molecule has 122 valence electrons. The fraction of sp³-hybridized carbons (Fsp3) is 0.167. The number of aryl methyl sites for hydroxylation is 1. The lowest BCUT2D eigenvalue weighted by molar-refractivity contribution is 0.0951. The third-order valence-electron chi connectivity index (χ3n) is 3.64. The maximum Gasteiger partial charge on any atom is 0.251 e. The lowest BCUT2D eigenvalue weighted by Crippen LogP contribution is -2.22. The Bertz CT molecular complexity index is 842. The first-order valence-electron chi connectivity index (χ1n) is 7.51. The van der Waals surface area contributed by atoms with Gasteiger partial charge in [0.1, 0.15) is 0 Å². The molecule has 0 radical (unpaired) electrons. The Morgan fingerprint density at radius 2 is 1.96 bits per heavy atom. The molecule has 1 aromatic carbocycles. The van der Waals surface area contributed by atoms with Gasteiger partial charge in [-0.3, -0.25) is 14.5 Å². The molecule has 2 heterocycles. The largest absolute Gasteiger partial charge is 0.348 e. The molecule has 1 amide bonds. The van der Waals surface area contributed by atoms with Gasteiger partial charge in [-0.05, 0) is 42.2 Å². The van der Waals surface area contributed by atoms with Crippen molar-refractivity contribution in [3.63, 3.8) is 0 Å². The van der Waals surface area contributed by atoms with E-state index in [-0.39, 0.29) is 5.91 Å². The molecule has 0 saturated carbocycles. The average molecular weight is 338 g/mol. The number of rotatable bonds is 5. The predicted octanol–water partition coefficient (Wildman–Crippen LogP) is 3.13. The maximum atomic E-state index is 12.2. The number of hydrogen-bond donors (Lipinski definition) is 1. The van der Waals surface area contributed by atoms with Crippen molar-refractivity contribution in [2.45, 2.75) is 11.4 Å². The summed E-state index contributed by atoms with van der Waals surface area (Å²) in [5.41, 5.74) is 3.60. The van der Waals surface area contributed by atoms with Crippen LogP contribution in [0.5, 0.6) is 0 Å². The maximum absolute atomic E-state index is 12.2. The first-order chi connectivity index (χ1) is 11.7. The molecule has 0 unspecified atom stereocenters. The minimum atomic E-state index is -0.0885. The molecule has 6 heteroatoms. The first-order valence-corrected chi connectivity index (χ1v) is 8.73. The zero-order valence-electron chi connectivity index (χ0n) is 13.6.